The fraction of sp³-hybridized carbons (Fsp3) is 1.00. The van der Waals surface area contributed by atoms with Crippen molar-refractivity contribution >= 4 is 10.1 Å². The van der Waals surface area contributed by atoms with Crippen molar-refractivity contribution in [3.63, 3.8) is 0 Å². The van der Waals surface area contributed by atoms with Crippen molar-refractivity contribution < 1.29 is 17.7 Å². The molecule has 0 fully saturated rings. The average Bonchev–Trinajstić information content (AvgIpc) is 2.51. The minimum atomic E-state index is -3.76. The van der Waals surface area contributed by atoms with E-state index in [2.05, 4.69) is 6.92 Å². The summed E-state index contributed by atoms with van der Waals surface area (Å²) in [7, 11) is -3.76. The van der Waals surface area contributed by atoms with Crippen LogP contribution >= 0.6 is 0 Å². The third-order valence-corrected chi connectivity index (χ3v) is 5.49. The Hall–Kier alpha value is -0.130. The summed E-state index contributed by atoms with van der Waals surface area (Å²) in [4.78, 5) is 0. The summed E-state index contributed by atoms with van der Waals surface area (Å²) in [6.45, 7) is 3.65. The number of aliphatic hydroxyl groups is 1. The van der Waals surface area contributed by atoms with Crippen LogP contribution in [0, 0.1) is 0 Å². The van der Waals surface area contributed by atoms with Gasteiger partial charge in [0, 0.05) is 0 Å². The molecule has 0 spiro atoms. The lowest BCUT2D eigenvalue weighted by molar-refractivity contribution is 0.223. The molecular formula is C18H38O4S. The van der Waals surface area contributed by atoms with Crippen LogP contribution in [0.3, 0.4) is 0 Å². The van der Waals surface area contributed by atoms with Crippen LogP contribution in [0.4, 0.5) is 0 Å². The molecule has 5 heteroatoms. The van der Waals surface area contributed by atoms with E-state index in [4.69, 9.17) is 9.29 Å². The van der Waals surface area contributed by atoms with Crippen LogP contribution in [0.1, 0.15) is 104 Å². The Kier molecular flexibility index (Phi) is 15.3. The van der Waals surface area contributed by atoms with Crippen molar-refractivity contribution in [2.75, 3.05) is 6.61 Å². The molecule has 140 valence electrons. The zero-order valence-corrected chi connectivity index (χ0v) is 16.1. The highest BCUT2D eigenvalue weighted by Gasteiger charge is 2.17. The second kappa shape index (κ2) is 15.4. The van der Waals surface area contributed by atoms with E-state index in [-0.39, 0.29) is 6.61 Å². The predicted octanol–water partition coefficient (Wildman–Crippen LogP) is 5.15. The van der Waals surface area contributed by atoms with Crippen LogP contribution in [0.2, 0.25) is 0 Å². The molecule has 0 bridgehead atoms. The Morgan fingerprint density at radius 3 is 1.43 bits per heavy atom. The van der Waals surface area contributed by atoms with Gasteiger partial charge in [-0.3, -0.25) is 4.18 Å². The average molecular weight is 351 g/mol. The monoisotopic (exact) mass is 350 g/mol. The van der Waals surface area contributed by atoms with Gasteiger partial charge >= 0.3 is 0 Å². The van der Waals surface area contributed by atoms with E-state index in [1.54, 1.807) is 0 Å². The van der Waals surface area contributed by atoms with Gasteiger partial charge in [0.15, 0.2) is 5.44 Å². The molecular weight excluding hydrogens is 312 g/mol. The van der Waals surface area contributed by atoms with Gasteiger partial charge in [-0.1, -0.05) is 90.4 Å². The molecule has 0 aliphatic rings. The molecule has 0 rings (SSSR count). The molecule has 0 heterocycles. The topological polar surface area (TPSA) is 63.6 Å². The van der Waals surface area contributed by atoms with E-state index in [9.17, 15) is 8.42 Å². The van der Waals surface area contributed by atoms with Gasteiger partial charge in [0.25, 0.3) is 10.1 Å². The molecule has 1 atom stereocenters. The van der Waals surface area contributed by atoms with Gasteiger partial charge in [0.1, 0.15) is 0 Å². The molecule has 1 unspecified atom stereocenters. The number of hydrogen-bond donors (Lipinski definition) is 1. The van der Waals surface area contributed by atoms with E-state index in [1.165, 1.54) is 77.6 Å². The van der Waals surface area contributed by atoms with Crippen LogP contribution in [0.5, 0.6) is 0 Å². The molecule has 0 saturated carbocycles. The van der Waals surface area contributed by atoms with E-state index in [0.717, 1.165) is 19.3 Å². The fourth-order valence-electron chi connectivity index (χ4n) is 2.57. The number of hydrogen-bond acceptors (Lipinski definition) is 4. The first-order valence-corrected chi connectivity index (χ1v) is 11.0. The largest absolute Gasteiger partial charge is 0.375 e. The van der Waals surface area contributed by atoms with Crippen LogP contribution in [-0.4, -0.2) is 25.6 Å². The molecule has 0 aliphatic heterocycles. The Bertz CT molecular complexity index is 339. The SMILES string of the molecule is CCCCCCCCCCCCCCCCOS(=O)(=O)C(C)O. The van der Waals surface area contributed by atoms with E-state index in [0.29, 0.717) is 0 Å². The van der Waals surface area contributed by atoms with Gasteiger partial charge in [0.05, 0.1) is 6.61 Å². The maximum absolute atomic E-state index is 11.2. The van der Waals surface area contributed by atoms with Crippen molar-refractivity contribution in [3.8, 4) is 0 Å². The number of rotatable bonds is 17. The van der Waals surface area contributed by atoms with Gasteiger partial charge in [-0.2, -0.15) is 8.42 Å². The quantitative estimate of drug-likeness (QED) is 0.291. The highest BCUT2D eigenvalue weighted by molar-refractivity contribution is 7.87. The molecule has 0 radical (unpaired) electrons. The van der Waals surface area contributed by atoms with Gasteiger partial charge in [0.2, 0.25) is 0 Å². The third kappa shape index (κ3) is 15.2. The van der Waals surface area contributed by atoms with Gasteiger partial charge in [-0.15, -0.1) is 0 Å². The molecule has 1 N–H and O–H groups in total. The molecule has 0 aromatic carbocycles. The zero-order valence-electron chi connectivity index (χ0n) is 15.3. The lowest BCUT2D eigenvalue weighted by Gasteiger charge is -2.07. The van der Waals surface area contributed by atoms with Crippen LogP contribution in [0.15, 0.2) is 0 Å². The third-order valence-electron chi connectivity index (χ3n) is 4.16. The second-order valence-electron chi connectivity index (χ2n) is 6.51. The summed E-state index contributed by atoms with van der Waals surface area (Å²) in [5, 5.41) is 8.98. The van der Waals surface area contributed by atoms with Gasteiger partial charge in [-0.05, 0) is 13.3 Å². The van der Waals surface area contributed by atoms with E-state index >= 15 is 0 Å². The van der Waals surface area contributed by atoms with Crippen molar-refractivity contribution in [2.24, 2.45) is 0 Å². The maximum atomic E-state index is 11.2. The smallest absolute Gasteiger partial charge is 0.294 e. The second-order valence-corrected chi connectivity index (χ2v) is 8.41. The highest BCUT2D eigenvalue weighted by Crippen LogP contribution is 2.13. The summed E-state index contributed by atoms with van der Waals surface area (Å²) in [5.41, 5.74) is -1.44. The Balaban J connectivity index is 3.17. The Labute approximate surface area is 144 Å². The van der Waals surface area contributed by atoms with E-state index in [1.807, 2.05) is 0 Å². The van der Waals surface area contributed by atoms with Crippen LogP contribution in [-0.2, 0) is 14.3 Å². The molecule has 0 aromatic heterocycles. The van der Waals surface area contributed by atoms with Crippen molar-refractivity contribution in [1.82, 2.24) is 0 Å². The Morgan fingerprint density at radius 2 is 1.09 bits per heavy atom. The molecule has 0 amide bonds. The summed E-state index contributed by atoms with van der Waals surface area (Å²) < 4.78 is 27.1. The summed E-state index contributed by atoms with van der Waals surface area (Å²) in [5.74, 6) is 0. The van der Waals surface area contributed by atoms with Crippen molar-refractivity contribution in [2.45, 2.75) is 109 Å². The molecule has 0 aromatic rings. The molecule has 0 saturated heterocycles. The lowest BCUT2D eigenvalue weighted by atomic mass is 10.0. The highest BCUT2D eigenvalue weighted by atomic mass is 32.2. The summed E-state index contributed by atoms with van der Waals surface area (Å²) in [6, 6.07) is 0. The van der Waals surface area contributed by atoms with Crippen molar-refractivity contribution in [3.05, 3.63) is 0 Å². The van der Waals surface area contributed by atoms with Gasteiger partial charge < -0.3 is 5.11 Å². The summed E-state index contributed by atoms with van der Waals surface area (Å²) in [6.07, 6.45) is 17.7. The molecule has 23 heavy (non-hydrogen) atoms. The first-order chi connectivity index (χ1) is 11.0. The number of unbranched alkanes of at least 4 members (excludes halogenated alkanes) is 13. The Morgan fingerprint density at radius 1 is 0.739 bits per heavy atom. The number of aliphatic hydroxyl groups excluding tert-OH is 1. The first kappa shape index (κ1) is 22.9. The van der Waals surface area contributed by atoms with Crippen LogP contribution < -0.4 is 0 Å². The van der Waals surface area contributed by atoms with Crippen molar-refractivity contribution in [1.29, 1.82) is 0 Å². The maximum Gasteiger partial charge on any atom is 0.294 e. The minimum Gasteiger partial charge on any atom is -0.375 e. The summed E-state index contributed by atoms with van der Waals surface area (Å²) >= 11 is 0. The lowest BCUT2D eigenvalue weighted by Crippen LogP contribution is -2.20. The van der Waals surface area contributed by atoms with Crippen LogP contribution in [0.25, 0.3) is 0 Å². The minimum absolute atomic E-state index is 0.186. The normalized spacial score (nSPS) is 13.3. The molecule has 4 nitrogen and oxygen atoms in total. The standard InChI is InChI=1S/C18H38O4S/c1-3-4-5-6-7-8-9-10-11-12-13-14-15-16-17-22-23(20,21)18(2)19/h18-19H,3-17H2,1-2H3. The fourth-order valence-corrected chi connectivity index (χ4v) is 3.12. The first-order valence-electron chi connectivity index (χ1n) is 9.57. The molecule has 0 aliphatic carbocycles. The van der Waals surface area contributed by atoms with E-state index < -0.39 is 15.6 Å². The van der Waals surface area contributed by atoms with Gasteiger partial charge in [-0.25, -0.2) is 0 Å². The zero-order chi connectivity index (χ0) is 17.4. The predicted molar refractivity (Wildman–Crippen MR) is 96.9 cm³/mol.